The molecule has 114 valence electrons. The topological polar surface area (TPSA) is 44.1 Å². The van der Waals surface area contributed by atoms with Crippen LogP contribution < -0.4 is 0 Å². The number of fused-ring (bicyclic) bond motifs is 1. The van der Waals surface area contributed by atoms with Crippen molar-refractivity contribution in [1.29, 1.82) is 0 Å². The molecule has 0 radical (unpaired) electrons. The third-order valence-corrected chi connectivity index (χ3v) is 4.59. The van der Waals surface area contributed by atoms with Crippen LogP contribution in [0, 0.1) is 13.8 Å². The molecular formula is C17H18N2O2S. The SMILES string of the molecule is Cc1cc(C)n(CCC(=O)OCc2csc3ccccc23)n1. The molecule has 0 spiro atoms. The summed E-state index contributed by atoms with van der Waals surface area (Å²) in [6.45, 7) is 4.83. The van der Waals surface area contributed by atoms with Crippen LogP contribution in [0.5, 0.6) is 0 Å². The van der Waals surface area contributed by atoms with Gasteiger partial charge in [-0.25, -0.2) is 0 Å². The van der Waals surface area contributed by atoms with Gasteiger partial charge in [0, 0.05) is 16.0 Å². The Bertz CT molecular complexity index is 804. The molecule has 0 N–H and O–H groups in total. The number of rotatable bonds is 5. The van der Waals surface area contributed by atoms with Gasteiger partial charge in [-0.15, -0.1) is 11.3 Å². The molecule has 0 aliphatic carbocycles. The first-order valence-electron chi connectivity index (χ1n) is 7.25. The number of carbonyl (C=O) groups is 1. The van der Waals surface area contributed by atoms with Crippen molar-refractivity contribution >= 4 is 27.4 Å². The second-order valence-electron chi connectivity index (χ2n) is 5.32. The molecule has 2 heterocycles. The number of esters is 1. The molecular weight excluding hydrogens is 296 g/mol. The zero-order valence-corrected chi connectivity index (χ0v) is 13.5. The summed E-state index contributed by atoms with van der Waals surface area (Å²) in [6, 6.07) is 10.2. The fourth-order valence-corrected chi connectivity index (χ4v) is 3.42. The van der Waals surface area contributed by atoms with E-state index in [4.69, 9.17) is 4.74 Å². The molecule has 0 aliphatic heterocycles. The highest BCUT2D eigenvalue weighted by Gasteiger charge is 2.09. The Morgan fingerprint density at radius 3 is 2.91 bits per heavy atom. The van der Waals surface area contributed by atoms with Crippen molar-refractivity contribution in [3.8, 4) is 0 Å². The molecule has 0 amide bonds. The van der Waals surface area contributed by atoms with Crippen LogP contribution in [-0.2, 0) is 22.7 Å². The monoisotopic (exact) mass is 314 g/mol. The van der Waals surface area contributed by atoms with E-state index in [1.54, 1.807) is 11.3 Å². The van der Waals surface area contributed by atoms with Gasteiger partial charge in [-0.3, -0.25) is 9.48 Å². The summed E-state index contributed by atoms with van der Waals surface area (Å²) in [5.41, 5.74) is 3.10. The number of aryl methyl sites for hydroxylation is 3. The molecule has 0 fully saturated rings. The van der Waals surface area contributed by atoms with E-state index in [-0.39, 0.29) is 5.97 Å². The summed E-state index contributed by atoms with van der Waals surface area (Å²) in [5, 5.41) is 7.56. The molecule has 22 heavy (non-hydrogen) atoms. The average molecular weight is 314 g/mol. The van der Waals surface area contributed by atoms with Crippen LogP contribution in [0.2, 0.25) is 0 Å². The predicted octanol–water partition coefficient (Wildman–Crippen LogP) is 3.85. The molecule has 0 saturated carbocycles. The maximum atomic E-state index is 11.9. The van der Waals surface area contributed by atoms with E-state index < -0.39 is 0 Å². The molecule has 0 atom stereocenters. The average Bonchev–Trinajstić information content (AvgIpc) is 3.06. The molecule has 3 aromatic rings. The molecule has 1 aromatic carbocycles. The predicted molar refractivity (Wildman–Crippen MR) is 87.9 cm³/mol. The first-order chi connectivity index (χ1) is 10.6. The summed E-state index contributed by atoms with van der Waals surface area (Å²) in [4.78, 5) is 11.9. The molecule has 3 rings (SSSR count). The third-order valence-electron chi connectivity index (χ3n) is 3.58. The lowest BCUT2D eigenvalue weighted by atomic mass is 10.2. The summed E-state index contributed by atoms with van der Waals surface area (Å²) in [7, 11) is 0. The van der Waals surface area contributed by atoms with E-state index in [2.05, 4.69) is 22.6 Å². The van der Waals surface area contributed by atoms with Gasteiger partial charge in [0.05, 0.1) is 18.7 Å². The smallest absolute Gasteiger partial charge is 0.308 e. The van der Waals surface area contributed by atoms with Crippen LogP contribution in [0.15, 0.2) is 35.7 Å². The Kier molecular flexibility index (Phi) is 4.24. The molecule has 0 unspecified atom stereocenters. The highest BCUT2D eigenvalue weighted by atomic mass is 32.1. The largest absolute Gasteiger partial charge is 0.461 e. The fourth-order valence-electron chi connectivity index (χ4n) is 2.47. The molecule has 5 heteroatoms. The minimum atomic E-state index is -0.192. The van der Waals surface area contributed by atoms with Gasteiger partial charge in [0.25, 0.3) is 0 Å². The molecule has 0 bridgehead atoms. The second-order valence-corrected chi connectivity index (χ2v) is 6.23. The zero-order chi connectivity index (χ0) is 15.5. The van der Waals surface area contributed by atoms with Gasteiger partial charge >= 0.3 is 5.97 Å². The minimum Gasteiger partial charge on any atom is -0.461 e. The van der Waals surface area contributed by atoms with Gasteiger partial charge in [-0.05, 0) is 36.7 Å². The van der Waals surface area contributed by atoms with Gasteiger partial charge in [-0.2, -0.15) is 5.10 Å². The fraction of sp³-hybridized carbons (Fsp3) is 0.294. The zero-order valence-electron chi connectivity index (χ0n) is 12.7. The van der Waals surface area contributed by atoms with Crippen molar-refractivity contribution in [1.82, 2.24) is 9.78 Å². The number of benzene rings is 1. The summed E-state index contributed by atoms with van der Waals surface area (Å²) < 4.78 is 8.45. The highest BCUT2D eigenvalue weighted by molar-refractivity contribution is 7.17. The lowest BCUT2D eigenvalue weighted by molar-refractivity contribution is -0.145. The number of thiophene rings is 1. The Morgan fingerprint density at radius 1 is 1.32 bits per heavy atom. The van der Waals surface area contributed by atoms with Crippen LogP contribution in [-0.4, -0.2) is 15.7 Å². The molecule has 0 aliphatic rings. The van der Waals surface area contributed by atoms with E-state index in [9.17, 15) is 4.79 Å². The van der Waals surface area contributed by atoms with Gasteiger partial charge in [0.2, 0.25) is 0 Å². The number of hydrogen-bond acceptors (Lipinski definition) is 4. The van der Waals surface area contributed by atoms with Gasteiger partial charge in [0.15, 0.2) is 0 Å². The maximum Gasteiger partial charge on any atom is 0.308 e. The summed E-state index contributed by atoms with van der Waals surface area (Å²) in [5.74, 6) is -0.192. The lowest BCUT2D eigenvalue weighted by Gasteiger charge is -2.06. The number of ether oxygens (including phenoxy) is 1. The standard InChI is InChI=1S/C17H18N2O2S/c1-12-9-13(2)19(18-12)8-7-17(20)21-10-14-11-22-16-6-4-3-5-15(14)16/h3-6,9,11H,7-8,10H2,1-2H3. The van der Waals surface area contributed by atoms with Crippen molar-refractivity contribution in [3.63, 3.8) is 0 Å². The number of hydrogen-bond donors (Lipinski definition) is 0. The number of carbonyl (C=O) groups excluding carboxylic acids is 1. The van der Waals surface area contributed by atoms with Crippen molar-refractivity contribution < 1.29 is 9.53 Å². The number of aromatic nitrogens is 2. The van der Waals surface area contributed by atoms with Crippen molar-refractivity contribution in [3.05, 3.63) is 52.7 Å². The van der Waals surface area contributed by atoms with Crippen LogP contribution in [0.3, 0.4) is 0 Å². The van der Waals surface area contributed by atoms with E-state index >= 15 is 0 Å². The summed E-state index contributed by atoms with van der Waals surface area (Å²) >= 11 is 1.68. The Hall–Kier alpha value is -2.14. The van der Waals surface area contributed by atoms with Gasteiger partial charge in [0.1, 0.15) is 6.61 Å². The quantitative estimate of drug-likeness (QED) is 0.672. The van der Waals surface area contributed by atoms with Crippen molar-refractivity contribution in [2.75, 3.05) is 0 Å². The Morgan fingerprint density at radius 2 is 2.14 bits per heavy atom. The van der Waals surface area contributed by atoms with E-state index in [0.717, 1.165) is 17.0 Å². The molecule has 4 nitrogen and oxygen atoms in total. The van der Waals surface area contributed by atoms with Crippen LogP contribution in [0.25, 0.3) is 10.1 Å². The minimum absolute atomic E-state index is 0.192. The van der Waals surface area contributed by atoms with Crippen LogP contribution in [0.1, 0.15) is 23.4 Å². The Labute approximate surface area is 133 Å². The van der Waals surface area contributed by atoms with Crippen molar-refractivity contribution in [2.24, 2.45) is 0 Å². The second kappa shape index (κ2) is 6.32. The molecule has 0 saturated heterocycles. The Balaban J connectivity index is 1.55. The van der Waals surface area contributed by atoms with Gasteiger partial charge in [-0.1, -0.05) is 18.2 Å². The first-order valence-corrected chi connectivity index (χ1v) is 8.13. The van der Waals surface area contributed by atoms with E-state index in [1.807, 2.05) is 36.7 Å². The van der Waals surface area contributed by atoms with Gasteiger partial charge < -0.3 is 4.74 Å². The van der Waals surface area contributed by atoms with E-state index in [1.165, 1.54) is 10.1 Å². The van der Waals surface area contributed by atoms with E-state index in [0.29, 0.717) is 19.6 Å². The third kappa shape index (κ3) is 3.20. The highest BCUT2D eigenvalue weighted by Crippen LogP contribution is 2.26. The maximum absolute atomic E-state index is 11.9. The van der Waals surface area contributed by atoms with Crippen molar-refractivity contribution in [2.45, 2.75) is 33.4 Å². The van der Waals surface area contributed by atoms with Crippen LogP contribution in [0.4, 0.5) is 0 Å². The summed E-state index contributed by atoms with van der Waals surface area (Å²) in [6.07, 6.45) is 0.337. The molecule has 2 aromatic heterocycles. The lowest BCUT2D eigenvalue weighted by Crippen LogP contribution is -2.11. The number of nitrogens with zero attached hydrogens (tertiary/aromatic N) is 2. The first kappa shape index (κ1) is 14.8. The normalized spacial score (nSPS) is 11.0. The van der Waals surface area contributed by atoms with Crippen LogP contribution >= 0.6 is 11.3 Å².